The number of aromatic nitrogens is 5. The van der Waals surface area contributed by atoms with Gasteiger partial charge in [-0.2, -0.15) is 0 Å². The highest BCUT2D eigenvalue weighted by Gasteiger charge is 2.06. The first kappa shape index (κ1) is 11.7. The summed E-state index contributed by atoms with van der Waals surface area (Å²) in [7, 11) is 0. The number of nitrogens with one attached hydrogen (secondary N) is 1. The first-order chi connectivity index (χ1) is 10.4. The van der Waals surface area contributed by atoms with E-state index >= 15 is 0 Å². The van der Waals surface area contributed by atoms with Gasteiger partial charge in [0.2, 0.25) is 0 Å². The van der Waals surface area contributed by atoms with Gasteiger partial charge in [-0.3, -0.25) is 0 Å². The van der Waals surface area contributed by atoms with E-state index in [1.165, 1.54) is 6.33 Å². The lowest BCUT2D eigenvalue weighted by atomic mass is 10.1. The molecule has 0 saturated heterocycles. The van der Waals surface area contributed by atoms with Crippen LogP contribution in [-0.2, 0) is 0 Å². The highest BCUT2D eigenvalue weighted by molar-refractivity contribution is 5.76. The van der Waals surface area contributed by atoms with Crippen molar-refractivity contribution < 1.29 is 0 Å². The molecule has 0 atom stereocenters. The third-order valence-corrected chi connectivity index (χ3v) is 3.31. The van der Waals surface area contributed by atoms with Crippen LogP contribution in [0.5, 0.6) is 0 Å². The van der Waals surface area contributed by atoms with E-state index in [0.717, 1.165) is 33.7 Å². The third-order valence-electron chi connectivity index (χ3n) is 3.31. The fraction of sp³-hybridized carbons (Fsp3) is 0. The summed E-state index contributed by atoms with van der Waals surface area (Å²) in [6.45, 7) is 0. The molecule has 0 fully saturated rings. The van der Waals surface area contributed by atoms with Crippen molar-refractivity contribution in [1.29, 1.82) is 0 Å². The van der Waals surface area contributed by atoms with Crippen LogP contribution in [0.3, 0.4) is 0 Å². The van der Waals surface area contributed by atoms with Gasteiger partial charge in [0, 0.05) is 29.7 Å². The molecule has 0 aliphatic heterocycles. The summed E-state index contributed by atoms with van der Waals surface area (Å²) >= 11 is 0. The molecule has 0 unspecified atom stereocenters. The lowest BCUT2D eigenvalue weighted by molar-refractivity contribution is 1.17. The molecule has 0 aliphatic carbocycles. The number of imidazole rings is 1. The molecular formula is C16H11N5. The van der Waals surface area contributed by atoms with Gasteiger partial charge in [0.05, 0.1) is 5.52 Å². The Hall–Kier alpha value is -3.08. The minimum absolute atomic E-state index is 0.730. The average Bonchev–Trinajstić information content (AvgIpc) is 3.00. The molecular weight excluding hydrogens is 262 g/mol. The first-order valence-corrected chi connectivity index (χ1v) is 6.57. The van der Waals surface area contributed by atoms with Gasteiger partial charge in [-0.15, -0.1) is 0 Å². The molecule has 4 rings (SSSR count). The first-order valence-electron chi connectivity index (χ1n) is 6.57. The molecule has 0 bridgehead atoms. The van der Waals surface area contributed by atoms with Crippen molar-refractivity contribution in [1.82, 2.24) is 24.9 Å². The number of hydrogen-bond acceptors (Lipinski definition) is 4. The van der Waals surface area contributed by atoms with Crippen LogP contribution >= 0.6 is 0 Å². The Morgan fingerprint density at radius 1 is 0.810 bits per heavy atom. The van der Waals surface area contributed by atoms with Crippen molar-refractivity contribution >= 4 is 11.2 Å². The van der Waals surface area contributed by atoms with Crippen molar-refractivity contribution in [2.75, 3.05) is 0 Å². The third kappa shape index (κ3) is 2.14. The van der Waals surface area contributed by atoms with E-state index < -0.39 is 0 Å². The zero-order valence-electron chi connectivity index (χ0n) is 11.1. The van der Waals surface area contributed by atoms with Gasteiger partial charge in [0.1, 0.15) is 12.2 Å². The van der Waals surface area contributed by atoms with Crippen molar-refractivity contribution in [2.45, 2.75) is 0 Å². The Bertz CT molecular complexity index is 848. The molecule has 1 N–H and O–H groups in total. The monoisotopic (exact) mass is 273 g/mol. The molecule has 100 valence electrons. The van der Waals surface area contributed by atoms with Crippen LogP contribution < -0.4 is 0 Å². The van der Waals surface area contributed by atoms with Gasteiger partial charge in [0.15, 0.2) is 5.65 Å². The fourth-order valence-electron chi connectivity index (χ4n) is 2.25. The summed E-state index contributed by atoms with van der Waals surface area (Å²) in [5.41, 5.74) is 4.76. The van der Waals surface area contributed by atoms with E-state index in [1.54, 1.807) is 18.6 Å². The van der Waals surface area contributed by atoms with E-state index in [2.05, 4.69) is 24.9 Å². The molecule has 0 saturated carbocycles. The van der Waals surface area contributed by atoms with Crippen LogP contribution in [0.15, 0.2) is 61.3 Å². The summed E-state index contributed by atoms with van der Waals surface area (Å²) in [6, 6.07) is 12.0. The number of H-pyrrole nitrogens is 1. The molecule has 21 heavy (non-hydrogen) atoms. The standard InChI is InChI=1S/C16H11N5/c1-2-14-16(19-7-1)21-15(20-14)12-5-3-11(4-6-12)13-8-17-10-18-9-13/h1-10H,(H,19,20,21). The normalized spacial score (nSPS) is 10.9. The van der Waals surface area contributed by atoms with Crippen LogP contribution in [-0.4, -0.2) is 24.9 Å². The predicted octanol–water partition coefficient (Wildman–Crippen LogP) is 3.08. The summed E-state index contributed by atoms with van der Waals surface area (Å²) in [6.07, 6.45) is 6.87. The van der Waals surface area contributed by atoms with Crippen LogP contribution in [0, 0.1) is 0 Å². The second-order valence-corrected chi connectivity index (χ2v) is 4.66. The quantitative estimate of drug-likeness (QED) is 0.609. The predicted molar refractivity (Wildman–Crippen MR) is 80.4 cm³/mol. The molecule has 5 heteroatoms. The van der Waals surface area contributed by atoms with Crippen molar-refractivity contribution in [3.63, 3.8) is 0 Å². The van der Waals surface area contributed by atoms with Gasteiger partial charge in [-0.05, 0) is 17.7 Å². The van der Waals surface area contributed by atoms with Crippen molar-refractivity contribution in [2.24, 2.45) is 0 Å². The zero-order chi connectivity index (χ0) is 14.1. The number of rotatable bonds is 2. The molecule has 0 amide bonds. The van der Waals surface area contributed by atoms with Crippen molar-refractivity contribution in [3.05, 3.63) is 61.3 Å². The van der Waals surface area contributed by atoms with E-state index in [1.807, 2.05) is 36.4 Å². The average molecular weight is 273 g/mol. The lowest BCUT2D eigenvalue weighted by Gasteiger charge is -2.01. The Kier molecular flexibility index (Phi) is 2.67. The zero-order valence-corrected chi connectivity index (χ0v) is 11.1. The highest BCUT2D eigenvalue weighted by Crippen LogP contribution is 2.23. The maximum atomic E-state index is 4.49. The van der Waals surface area contributed by atoms with Gasteiger partial charge < -0.3 is 4.98 Å². The van der Waals surface area contributed by atoms with Gasteiger partial charge >= 0.3 is 0 Å². The molecule has 0 spiro atoms. The molecule has 4 aromatic rings. The number of fused-ring (bicyclic) bond motifs is 1. The highest BCUT2D eigenvalue weighted by atomic mass is 15.0. The summed E-state index contributed by atoms with van der Waals surface area (Å²) in [5, 5.41) is 0. The molecule has 0 aliphatic rings. The van der Waals surface area contributed by atoms with Crippen LogP contribution in [0.2, 0.25) is 0 Å². The van der Waals surface area contributed by atoms with Crippen LogP contribution in [0.25, 0.3) is 33.7 Å². The second kappa shape index (κ2) is 4.79. The smallest absolute Gasteiger partial charge is 0.178 e. The molecule has 0 radical (unpaired) electrons. The van der Waals surface area contributed by atoms with E-state index in [0.29, 0.717) is 0 Å². The van der Waals surface area contributed by atoms with E-state index in [4.69, 9.17) is 0 Å². The van der Waals surface area contributed by atoms with Crippen LogP contribution in [0.4, 0.5) is 0 Å². The molecule has 5 nitrogen and oxygen atoms in total. The summed E-state index contributed by atoms with van der Waals surface area (Å²) in [4.78, 5) is 20.1. The lowest BCUT2D eigenvalue weighted by Crippen LogP contribution is -1.84. The topological polar surface area (TPSA) is 67.3 Å². The number of nitrogens with zero attached hydrogens (tertiary/aromatic N) is 4. The van der Waals surface area contributed by atoms with Gasteiger partial charge in [0.25, 0.3) is 0 Å². The Balaban J connectivity index is 1.73. The minimum Gasteiger partial charge on any atom is -0.337 e. The summed E-state index contributed by atoms with van der Waals surface area (Å²) < 4.78 is 0. The number of aromatic amines is 1. The summed E-state index contributed by atoms with van der Waals surface area (Å²) in [5.74, 6) is 0.819. The Morgan fingerprint density at radius 3 is 2.33 bits per heavy atom. The number of pyridine rings is 1. The van der Waals surface area contributed by atoms with Crippen LogP contribution in [0.1, 0.15) is 0 Å². The molecule has 3 heterocycles. The Labute approximate surface area is 120 Å². The largest absolute Gasteiger partial charge is 0.337 e. The van der Waals surface area contributed by atoms with E-state index in [-0.39, 0.29) is 0 Å². The molecule has 1 aromatic carbocycles. The number of benzene rings is 1. The second-order valence-electron chi connectivity index (χ2n) is 4.66. The van der Waals surface area contributed by atoms with Crippen molar-refractivity contribution in [3.8, 4) is 22.5 Å². The molecule has 3 aromatic heterocycles. The van der Waals surface area contributed by atoms with Gasteiger partial charge in [-0.1, -0.05) is 24.3 Å². The maximum Gasteiger partial charge on any atom is 0.178 e. The van der Waals surface area contributed by atoms with E-state index in [9.17, 15) is 0 Å². The fourth-order valence-corrected chi connectivity index (χ4v) is 2.25. The SMILES string of the molecule is c1cnc2nc(-c3ccc(-c4cncnc4)cc3)[nH]c2c1. The van der Waals surface area contributed by atoms with Gasteiger partial charge in [-0.25, -0.2) is 19.9 Å². The maximum absolute atomic E-state index is 4.49. The minimum atomic E-state index is 0.730. The Morgan fingerprint density at radius 2 is 1.57 bits per heavy atom. The number of hydrogen-bond donors (Lipinski definition) is 1.